The quantitative estimate of drug-likeness (QED) is 0.137. The molecule has 0 aliphatic heterocycles. The highest BCUT2D eigenvalue weighted by Gasteiger charge is 2.18. The molecule has 0 atom stereocenters. The van der Waals surface area contributed by atoms with Crippen molar-refractivity contribution in [2.24, 2.45) is 0 Å². The van der Waals surface area contributed by atoms with E-state index in [1.807, 2.05) is 112 Å². The molecule has 0 aliphatic rings. The molecule has 0 spiro atoms. The fraction of sp³-hybridized carbons (Fsp3) is 0.189. The van der Waals surface area contributed by atoms with E-state index in [-0.39, 0.29) is 12.6 Å². The Balaban J connectivity index is 0.000000307. The molecule has 7 aromatic rings. The number of carbonyl (C=O) groups is 1. The first-order valence-electron chi connectivity index (χ1n) is 15.4. The standard InChI is InChI=1S/C29H27N3O5.C8H7NOS/c1-19-11-12-26-25(15-19)31-29(37-26)32(18-27(33)34)17-21-7-6-10-23(16-21)35-14-13-24-20(2)36-28(30-24)22-8-4-3-5-9-22;1-5-2-3-6-7(4-5)10-8(11)9-6/h3-12,15-16H,13-14,17-18H2,1-2H3,(H,33,34);2-4H,1H3,(H,9,11). The number of rotatable bonds is 10. The number of hydrogen-bond donors (Lipinski definition) is 2. The van der Waals surface area contributed by atoms with Gasteiger partial charge in [0.15, 0.2) is 11.2 Å². The molecule has 0 radical (unpaired) electrons. The molecule has 7 rings (SSSR count). The lowest BCUT2D eigenvalue weighted by Crippen LogP contribution is -2.29. The number of nitrogens with one attached hydrogen (secondary N) is 1. The number of oxazole rings is 3. The molecule has 3 aromatic heterocycles. The first-order valence-corrected chi connectivity index (χ1v) is 15.8. The van der Waals surface area contributed by atoms with Gasteiger partial charge in [0, 0.05) is 18.5 Å². The molecule has 0 aliphatic carbocycles. The van der Waals surface area contributed by atoms with Crippen LogP contribution in [-0.2, 0) is 17.8 Å². The van der Waals surface area contributed by atoms with E-state index in [4.69, 9.17) is 30.2 Å². The molecule has 11 heteroatoms. The van der Waals surface area contributed by atoms with Gasteiger partial charge in [0.2, 0.25) is 5.89 Å². The SMILES string of the molecule is Cc1ccc2[nH]c(=S)oc2c1.Cc1ccc2oc(N(CC(=O)O)Cc3cccc(OCCc4nc(-c5ccccc5)oc4C)c3)nc2c1. The number of fused-ring (bicyclic) bond motifs is 2. The lowest BCUT2D eigenvalue weighted by atomic mass is 10.2. The predicted octanol–water partition coefficient (Wildman–Crippen LogP) is 8.61. The monoisotopic (exact) mass is 662 g/mol. The Morgan fingerprint density at radius 3 is 2.48 bits per heavy atom. The third-order valence-corrected chi connectivity index (χ3v) is 7.68. The normalized spacial score (nSPS) is 11.0. The van der Waals surface area contributed by atoms with Crippen molar-refractivity contribution in [3.05, 3.63) is 124 Å². The molecule has 10 nitrogen and oxygen atoms in total. The van der Waals surface area contributed by atoms with Gasteiger partial charge in [-0.3, -0.25) is 4.79 Å². The van der Waals surface area contributed by atoms with Crippen LogP contribution in [0.15, 0.2) is 104 Å². The van der Waals surface area contributed by atoms with E-state index >= 15 is 0 Å². The molecule has 0 unspecified atom stereocenters. The van der Waals surface area contributed by atoms with E-state index in [1.165, 1.54) is 5.56 Å². The Morgan fingerprint density at radius 1 is 0.875 bits per heavy atom. The van der Waals surface area contributed by atoms with Crippen molar-refractivity contribution in [1.82, 2.24) is 15.0 Å². The summed E-state index contributed by atoms with van der Waals surface area (Å²) in [5.41, 5.74) is 8.00. The minimum absolute atomic E-state index is 0.244. The Bertz CT molecular complexity index is 2230. The molecular weight excluding hydrogens is 628 g/mol. The summed E-state index contributed by atoms with van der Waals surface area (Å²) in [6.07, 6.45) is 0.597. The largest absolute Gasteiger partial charge is 0.493 e. The topological polar surface area (TPSA) is 131 Å². The number of carboxylic acids is 1. The first-order chi connectivity index (χ1) is 23.2. The van der Waals surface area contributed by atoms with Crippen LogP contribution >= 0.6 is 12.2 Å². The zero-order valence-electron chi connectivity index (χ0n) is 26.7. The number of hydrogen-bond acceptors (Lipinski definition) is 9. The molecule has 244 valence electrons. The summed E-state index contributed by atoms with van der Waals surface area (Å²) < 4.78 is 22.9. The second-order valence-electron chi connectivity index (χ2n) is 11.4. The van der Waals surface area contributed by atoms with Gasteiger partial charge in [-0.25, -0.2) is 4.98 Å². The molecule has 3 heterocycles. The third kappa shape index (κ3) is 7.99. The summed E-state index contributed by atoms with van der Waals surface area (Å²) in [6, 6.07) is 29.3. The van der Waals surface area contributed by atoms with Gasteiger partial charge < -0.3 is 33.0 Å². The van der Waals surface area contributed by atoms with Crippen molar-refractivity contribution in [1.29, 1.82) is 0 Å². The van der Waals surface area contributed by atoms with E-state index in [9.17, 15) is 9.90 Å². The van der Waals surface area contributed by atoms with Gasteiger partial charge in [-0.1, -0.05) is 42.5 Å². The van der Waals surface area contributed by atoms with Gasteiger partial charge in [0.25, 0.3) is 10.9 Å². The summed E-state index contributed by atoms with van der Waals surface area (Å²) in [5.74, 6) is 1.09. The Hall–Kier alpha value is -5.68. The lowest BCUT2D eigenvalue weighted by molar-refractivity contribution is -0.135. The van der Waals surface area contributed by atoms with Crippen molar-refractivity contribution >= 4 is 46.4 Å². The Morgan fingerprint density at radius 2 is 1.67 bits per heavy atom. The summed E-state index contributed by atoms with van der Waals surface area (Å²) >= 11 is 4.83. The van der Waals surface area contributed by atoms with E-state index in [2.05, 4.69) is 15.0 Å². The van der Waals surface area contributed by atoms with Crippen LogP contribution in [0.2, 0.25) is 0 Å². The van der Waals surface area contributed by atoms with Gasteiger partial charge in [0.05, 0.1) is 17.8 Å². The van der Waals surface area contributed by atoms with E-state index < -0.39 is 5.97 Å². The smallest absolute Gasteiger partial charge is 0.323 e. The Kier molecular flexibility index (Phi) is 9.67. The van der Waals surface area contributed by atoms with Crippen LogP contribution in [0, 0.1) is 25.6 Å². The summed E-state index contributed by atoms with van der Waals surface area (Å²) in [6.45, 7) is 6.38. The maximum atomic E-state index is 11.6. The molecule has 4 aromatic carbocycles. The highest BCUT2D eigenvalue weighted by Crippen LogP contribution is 2.26. The van der Waals surface area contributed by atoms with Crippen molar-refractivity contribution in [2.45, 2.75) is 33.7 Å². The maximum absolute atomic E-state index is 11.6. The molecule has 0 bridgehead atoms. The molecule has 48 heavy (non-hydrogen) atoms. The number of aliphatic carboxylic acids is 1. The molecule has 0 saturated heterocycles. The Labute approximate surface area is 281 Å². The van der Waals surface area contributed by atoms with Crippen LogP contribution in [-0.4, -0.2) is 39.2 Å². The fourth-order valence-corrected chi connectivity index (χ4v) is 5.35. The summed E-state index contributed by atoms with van der Waals surface area (Å²) in [7, 11) is 0. The first kappa shape index (κ1) is 32.3. The van der Waals surface area contributed by atoms with Gasteiger partial charge in [0.1, 0.15) is 23.6 Å². The van der Waals surface area contributed by atoms with Crippen LogP contribution in [0.25, 0.3) is 33.7 Å². The minimum Gasteiger partial charge on any atom is -0.493 e. The van der Waals surface area contributed by atoms with Crippen LogP contribution in [0.1, 0.15) is 28.1 Å². The third-order valence-electron chi connectivity index (χ3n) is 7.50. The number of anilines is 1. The number of H-pyrrole nitrogens is 1. The second kappa shape index (κ2) is 14.4. The van der Waals surface area contributed by atoms with Crippen molar-refractivity contribution in [3.8, 4) is 17.2 Å². The number of aryl methyl sites for hydroxylation is 3. The van der Waals surface area contributed by atoms with E-state index in [0.29, 0.717) is 47.1 Å². The molecule has 0 fully saturated rings. The molecule has 2 N–H and O–H groups in total. The molecule has 0 amide bonds. The van der Waals surface area contributed by atoms with Crippen molar-refractivity contribution in [2.75, 3.05) is 18.1 Å². The summed E-state index contributed by atoms with van der Waals surface area (Å²) in [4.78, 5) is 25.7. The highest BCUT2D eigenvalue weighted by atomic mass is 32.1. The average Bonchev–Trinajstić information content (AvgIpc) is 3.77. The number of aromatic amines is 1. The number of carboxylic acid groups (broad SMARTS) is 1. The number of ether oxygens (including phenoxy) is 1. The van der Waals surface area contributed by atoms with Crippen LogP contribution in [0.3, 0.4) is 0 Å². The number of benzene rings is 4. The van der Waals surface area contributed by atoms with Crippen molar-refractivity contribution in [3.63, 3.8) is 0 Å². The minimum atomic E-state index is -0.969. The van der Waals surface area contributed by atoms with Crippen molar-refractivity contribution < 1.29 is 27.9 Å². The lowest BCUT2D eigenvalue weighted by Gasteiger charge is -2.18. The van der Waals surface area contributed by atoms with Gasteiger partial charge in [-0.05, 0) is 98.2 Å². The zero-order valence-corrected chi connectivity index (χ0v) is 27.5. The number of nitrogens with zero attached hydrogens (tertiary/aromatic N) is 3. The zero-order chi connectivity index (χ0) is 33.6. The highest BCUT2D eigenvalue weighted by molar-refractivity contribution is 7.71. The van der Waals surface area contributed by atoms with E-state index in [1.54, 1.807) is 4.90 Å². The van der Waals surface area contributed by atoms with E-state index in [0.717, 1.165) is 39.2 Å². The maximum Gasteiger partial charge on any atom is 0.323 e. The second-order valence-corrected chi connectivity index (χ2v) is 11.7. The van der Waals surface area contributed by atoms with Gasteiger partial charge >= 0.3 is 5.97 Å². The molecule has 0 saturated carbocycles. The van der Waals surface area contributed by atoms with Crippen LogP contribution in [0.4, 0.5) is 6.01 Å². The molecular formula is C37H34N4O6S. The van der Waals surface area contributed by atoms with Gasteiger partial charge in [-0.15, -0.1) is 0 Å². The fourth-order valence-electron chi connectivity index (χ4n) is 5.15. The predicted molar refractivity (Wildman–Crippen MR) is 186 cm³/mol. The van der Waals surface area contributed by atoms with Gasteiger partial charge in [-0.2, -0.15) is 4.98 Å². The van der Waals surface area contributed by atoms with Crippen LogP contribution < -0.4 is 9.64 Å². The number of aromatic nitrogens is 3. The average molecular weight is 663 g/mol. The van der Waals surface area contributed by atoms with Crippen LogP contribution in [0.5, 0.6) is 5.75 Å². The summed E-state index contributed by atoms with van der Waals surface area (Å²) in [5, 5.41) is 9.47.